The summed E-state index contributed by atoms with van der Waals surface area (Å²) < 4.78 is 14.1. The molecule has 2 atom stereocenters. The van der Waals surface area contributed by atoms with Crippen LogP contribution in [0.3, 0.4) is 0 Å². The average Bonchev–Trinajstić information content (AvgIpc) is 3.00. The van der Waals surface area contributed by atoms with E-state index in [2.05, 4.69) is 37.8 Å². The molecule has 1 saturated carbocycles. The zero-order chi connectivity index (χ0) is 12.3. The van der Waals surface area contributed by atoms with Crippen molar-refractivity contribution in [3.63, 3.8) is 0 Å². The molecule has 2 unspecified atom stereocenters. The lowest BCUT2D eigenvalue weighted by atomic mass is 10.0. The highest BCUT2D eigenvalue weighted by atomic mass is 19.1. The van der Waals surface area contributed by atoms with E-state index < -0.39 is 5.67 Å². The highest BCUT2D eigenvalue weighted by Gasteiger charge is 2.54. The van der Waals surface area contributed by atoms with Crippen LogP contribution in [0.25, 0.3) is 0 Å². The Bertz CT molecular complexity index is 379. The Balaban J connectivity index is 1.97. The summed E-state index contributed by atoms with van der Waals surface area (Å²) in [5, 5.41) is 0. The third-order valence-corrected chi connectivity index (χ3v) is 3.69. The van der Waals surface area contributed by atoms with E-state index in [1.54, 1.807) is 6.08 Å². The van der Waals surface area contributed by atoms with Crippen LogP contribution in [0.4, 0.5) is 4.39 Å². The van der Waals surface area contributed by atoms with Gasteiger partial charge in [-0.2, -0.15) is 0 Å². The van der Waals surface area contributed by atoms with Crippen molar-refractivity contribution in [3.05, 3.63) is 48.0 Å². The topological polar surface area (TPSA) is 0 Å². The lowest BCUT2D eigenvalue weighted by Crippen LogP contribution is -2.01. The Morgan fingerprint density at radius 3 is 2.71 bits per heavy atom. The molecule has 0 amide bonds. The predicted molar refractivity (Wildman–Crippen MR) is 71.1 cm³/mol. The summed E-state index contributed by atoms with van der Waals surface area (Å²) in [6.07, 6.45) is 6.41. The molecular weight excluding hydrogens is 211 g/mol. The van der Waals surface area contributed by atoms with Gasteiger partial charge in [0.15, 0.2) is 0 Å². The number of benzene rings is 1. The molecule has 17 heavy (non-hydrogen) atoms. The molecule has 1 aliphatic carbocycles. The van der Waals surface area contributed by atoms with Crippen molar-refractivity contribution >= 4 is 0 Å². The van der Waals surface area contributed by atoms with Gasteiger partial charge in [-0.1, -0.05) is 43.7 Å². The Labute approximate surface area is 104 Å². The molecule has 92 valence electrons. The van der Waals surface area contributed by atoms with Gasteiger partial charge >= 0.3 is 0 Å². The second-order valence-corrected chi connectivity index (χ2v) is 5.13. The van der Waals surface area contributed by atoms with Crippen LogP contribution in [0, 0.1) is 0 Å². The van der Waals surface area contributed by atoms with Crippen molar-refractivity contribution in [1.82, 2.24) is 0 Å². The smallest absolute Gasteiger partial charge is 0.122 e. The fourth-order valence-electron chi connectivity index (χ4n) is 2.46. The number of alkyl halides is 1. The maximum absolute atomic E-state index is 14.1. The first-order valence-electron chi connectivity index (χ1n) is 6.58. The number of aryl methyl sites for hydroxylation is 1. The maximum atomic E-state index is 14.1. The predicted octanol–water partition coefficient (Wildman–Crippen LogP) is 4.80. The summed E-state index contributed by atoms with van der Waals surface area (Å²) in [6, 6.07) is 8.50. The average molecular weight is 232 g/mol. The number of hydrogen-bond acceptors (Lipinski definition) is 0. The summed E-state index contributed by atoms with van der Waals surface area (Å²) in [4.78, 5) is 0. The number of allylic oxidation sites excluding steroid dienone is 1. The summed E-state index contributed by atoms with van der Waals surface area (Å²) in [6.45, 7) is 5.82. The summed E-state index contributed by atoms with van der Waals surface area (Å²) in [7, 11) is 0. The molecule has 0 heterocycles. The molecule has 0 N–H and O–H groups in total. The van der Waals surface area contributed by atoms with Crippen molar-refractivity contribution in [2.75, 3.05) is 0 Å². The summed E-state index contributed by atoms with van der Waals surface area (Å²) in [5.74, 6) is 0.0979. The molecule has 0 aliphatic heterocycles. The molecule has 0 spiro atoms. The lowest BCUT2D eigenvalue weighted by Gasteiger charge is -2.06. The molecule has 0 saturated heterocycles. The number of halogens is 1. The van der Waals surface area contributed by atoms with Crippen molar-refractivity contribution in [1.29, 1.82) is 0 Å². The summed E-state index contributed by atoms with van der Waals surface area (Å²) in [5.41, 5.74) is 1.51. The first-order chi connectivity index (χ1) is 8.19. The van der Waals surface area contributed by atoms with Crippen LogP contribution < -0.4 is 0 Å². The van der Waals surface area contributed by atoms with Crippen LogP contribution >= 0.6 is 0 Å². The van der Waals surface area contributed by atoms with Gasteiger partial charge in [0.25, 0.3) is 0 Å². The van der Waals surface area contributed by atoms with E-state index in [0.717, 1.165) is 12.0 Å². The Morgan fingerprint density at radius 1 is 1.41 bits per heavy atom. The molecule has 0 bridgehead atoms. The maximum Gasteiger partial charge on any atom is 0.122 e. The third-order valence-electron chi connectivity index (χ3n) is 3.69. The lowest BCUT2D eigenvalue weighted by molar-refractivity contribution is 0.302. The number of unbranched alkanes of at least 4 members (excludes halogenated alkanes) is 1. The van der Waals surface area contributed by atoms with E-state index >= 15 is 0 Å². The minimum absolute atomic E-state index is 0.0979. The molecule has 2 rings (SSSR count). The Hall–Kier alpha value is -1.11. The van der Waals surface area contributed by atoms with E-state index in [9.17, 15) is 4.39 Å². The van der Waals surface area contributed by atoms with Crippen LogP contribution in [0.15, 0.2) is 36.9 Å². The van der Waals surface area contributed by atoms with Crippen LogP contribution in [0.5, 0.6) is 0 Å². The van der Waals surface area contributed by atoms with E-state index in [1.807, 2.05) is 0 Å². The van der Waals surface area contributed by atoms with Gasteiger partial charge in [-0.15, -0.1) is 6.58 Å². The van der Waals surface area contributed by atoms with E-state index in [0.29, 0.717) is 12.8 Å². The van der Waals surface area contributed by atoms with Gasteiger partial charge in [-0.25, -0.2) is 4.39 Å². The first-order valence-corrected chi connectivity index (χ1v) is 6.58. The first kappa shape index (κ1) is 12.3. The molecule has 0 nitrogen and oxygen atoms in total. The second-order valence-electron chi connectivity index (χ2n) is 5.13. The molecule has 1 fully saturated rings. The summed E-state index contributed by atoms with van der Waals surface area (Å²) >= 11 is 0. The molecular formula is C16H21F. The van der Waals surface area contributed by atoms with Crippen LogP contribution in [-0.4, -0.2) is 5.67 Å². The Morgan fingerprint density at radius 2 is 2.12 bits per heavy atom. The van der Waals surface area contributed by atoms with Gasteiger partial charge in [-0.3, -0.25) is 0 Å². The van der Waals surface area contributed by atoms with Gasteiger partial charge < -0.3 is 0 Å². The molecule has 0 aromatic heterocycles. The minimum Gasteiger partial charge on any atom is -0.243 e. The fourth-order valence-corrected chi connectivity index (χ4v) is 2.46. The van der Waals surface area contributed by atoms with Crippen LogP contribution in [-0.2, 0) is 6.42 Å². The van der Waals surface area contributed by atoms with Gasteiger partial charge in [0, 0.05) is 5.92 Å². The van der Waals surface area contributed by atoms with Gasteiger partial charge in [0.2, 0.25) is 0 Å². The molecule has 1 heteroatoms. The monoisotopic (exact) mass is 232 g/mol. The largest absolute Gasteiger partial charge is 0.243 e. The highest BCUT2D eigenvalue weighted by Crippen LogP contribution is 2.56. The zero-order valence-corrected chi connectivity index (χ0v) is 10.6. The van der Waals surface area contributed by atoms with Crippen molar-refractivity contribution in [2.45, 2.75) is 50.6 Å². The molecule has 1 aliphatic rings. The zero-order valence-electron chi connectivity index (χ0n) is 10.6. The van der Waals surface area contributed by atoms with Gasteiger partial charge in [0.1, 0.15) is 5.67 Å². The van der Waals surface area contributed by atoms with E-state index in [4.69, 9.17) is 0 Å². The van der Waals surface area contributed by atoms with Gasteiger partial charge in [-0.05, 0) is 36.8 Å². The molecule has 1 aromatic carbocycles. The second kappa shape index (κ2) is 5.03. The van der Waals surface area contributed by atoms with Crippen molar-refractivity contribution in [2.24, 2.45) is 0 Å². The number of hydrogen-bond donors (Lipinski definition) is 0. The Kier molecular flexibility index (Phi) is 3.66. The number of rotatable bonds is 6. The minimum atomic E-state index is -1.01. The molecule has 0 radical (unpaired) electrons. The third kappa shape index (κ3) is 2.77. The SMILES string of the molecule is C=CCC1(F)CC1c1ccc(CCCC)cc1. The van der Waals surface area contributed by atoms with E-state index in [1.165, 1.54) is 18.4 Å². The van der Waals surface area contributed by atoms with E-state index in [-0.39, 0.29) is 5.92 Å². The van der Waals surface area contributed by atoms with Crippen LogP contribution in [0.2, 0.25) is 0 Å². The van der Waals surface area contributed by atoms with Crippen molar-refractivity contribution < 1.29 is 4.39 Å². The quantitative estimate of drug-likeness (QED) is 0.618. The normalized spacial score (nSPS) is 26.8. The van der Waals surface area contributed by atoms with Crippen LogP contribution in [0.1, 0.15) is 49.7 Å². The highest BCUT2D eigenvalue weighted by molar-refractivity contribution is 5.34. The standard InChI is InChI=1S/C16H21F/c1-3-5-6-13-7-9-14(10-8-13)15-12-16(15,17)11-4-2/h4,7-10,15H,2-3,5-6,11-12H2,1H3. The molecule has 1 aromatic rings. The van der Waals surface area contributed by atoms with Gasteiger partial charge in [0.05, 0.1) is 0 Å². The van der Waals surface area contributed by atoms with Crippen molar-refractivity contribution in [3.8, 4) is 0 Å². The fraction of sp³-hybridized carbons (Fsp3) is 0.500.